The SMILES string of the molecule is COC(=O)[C@H](Cc1ccc(-c2cc(OC)c(OC)c(OC)c2)cc1)NC(=O)c1cc(-c2ccc(C(F)(F)F)cc2)ccc1O. The Bertz CT molecular complexity index is 1610. The molecule has 8 nitrogen and oxygen atoms in total. The molecule has 4 aromatic carbocycles. The van der Waals surface area contributed by atoms with Crippen LogP contribution in [0.15, 0.2) is 78.9 Å². The van der Waals surface area contributed by atoms with E-state index in [4.69, 9.17) is 18.9 Å². The average molecular weight is 610 g/mol. The van der Waals surface area contributed by atoms with Crippen molar-refractivity contribution in [3.63, 3.8) is 0 Å². The number of alkyl halides is 3. The number of benzene rings is 4. The van der Waals surface area contributed by atoms with Crippen LogP contribution in [0.5, 0.6) is 23.0 Å². The number of amides is 1. The van der Waals surface area contributed by atoms with Crippen LogP contribution in [0, 0.1) is 0 Å². The molecule has 4 rings (SSSR count). The number of esters is 1. The molecule has 0 aromatic heterocycles. The van der Waals surface area contributed by atoms with Crippen molar-refractivity contribution in [3.05, 3.63) is 95.6 Å². The van der Waals surface area contributed by atoms with Gasteiger partial charge in [0.1, 0.15) is 11.8 Å². The maximum Gasteiger partial charge on any atom is 0.416 e. The van der Waals surface area contributed by atoms with Gasteiger partial charge in [0.25, 0.3) is 5.91 Å². The number of ether oxygens (including phenoxy) is 4. The van der Waals surface area contributed by atoms with Gasteiger partial charge in [-0.05, 0) is 64.2 Å². The van der Waals surface area contributed by atoms with Crippen LogP contribution in [0.1, 0.15) is 21.5 Å². The zero-order valence-corrected chi connectivity index (χ0v) is 24.3. The number of hydrogen-bond donors (Lipinski definition) is 2. The van der Waals surface area contributed by atoms with E-state index >= 15 is 0 Å². The number of nitrogens with one attached hydrogen (secondary N) is 1. The zero-order chi connectivity index (χ0) is 32.0. The van der Waals surface area contributed by atoms with Crippen LogP contribution in [-0.4, -0.2) is 51.5 Å². The molecule has 0 spiro atoms. The molecule has 230 valence electrons. The molecule has 1 atom stereocenters. The van der Waals surface area contributed by atoms with Crippen LogP contribution in [0.25, 0.3) is 22.3 Å². The Kier molecular flexibility index (Phi) is 9.67. The summed E-state index contributed by atoms with van der Waals surface area (Å²) in [6.07, 6.45) is -4.41. The zero-order valence-electron chi connectivity index (χ0n) is 24.3. The molecule has 0 saturated carbocycles. The molecule has 0 aliphatic carbocycles. The summed E-state index contributed by atoms with van der Waals surface area (Å²) in [7, 11) is 5.76. The minimum Gasteiger partial charge on any atom is -0.507 e. The Morgan fingerprint density at radius 3 is 1.82 bits per heavy atom. The van der Waals surface area contributed by atoms with Crippen molar-refractivity contribution in [1.82, 2.24) is 5.32 Å². The topological polar surface area (TPSA) is 103 Å². The Balaban J connectivity index is 1.54. The van der Waals surface area contributed by atoms with E-state index in [9.17, 15) is 27.9 Å². The second-order valence-electron chi connectivity index (χ2n) is 9.67. The molecule has 4 aromatic rings. The van der Waals surface area contributed by atoms with Crippen LogP contribution in [0.2, 0.25) is 0 Å². The van der Waals surface area contributed by atoms with Gasteiger partial charge in [-0.25, -0.2) is 4.79 Å². The molecule has 0 aliphatic rings. The fraction of sp³-hybridized carbons (Fsp3) is 0.212. The number of aromatic hydroxyl groups is 1. The van der Waals surface area contributed by atoms with E-state index in [-0.39, 0.29) is 17.7 Å². The number of hydrogen-bond acceptors (Lipinski definition) is 7. The summed E-state index contributed by atoms with van der Waals surface area (Å²) in [4.78, 5) is 25.8. The fourth-order valence-corrected chi connectivity index (χ4v) is 4.64. The van der Waals surface area contributed by atoms with E-state index in [1.165, 1.54) is 58.8 Å². The van der Waals surface area contributed by atoms with Crippen molar-refractivity contribution in [2.24, 2.45) is 0 Å². The van der Waals surface area contributed by atoms with Crippen molar-refractivity contribution in [1.29, 1.82) is 0 Å². The first kappa shape index (κ1) is 31.7. The van der Waals surface area contributed by atoms with Gasteiger partial charge in [-0.1, -0.05) is 42.5 Å². The predicted molar refractivity (Wildman–Crippen MR) is 157 cm³/mol. The molecule has 44 heavy (non-hydrogen) atoms. The number of halogens is 3. The number of phenolic OH excluding ortho intramolecular Hbond substituents is 1. The first-order chi connectivity index (χ1) is 21.0. The van der Waals surface area contributed by atoms with Crippen LogP contribution in [0.3, 0.4) is 0 Å². The highest BCUT2D eigenvalue weighted by Crippen LogP contribution is 2.41. The third kappa shape index (κ3) is 7.05. The number of rotatable bonds is 10. The third-order valence-electron chi connectivity index (χ3n) is 6.97. The molecule has 0 aliphatic heterocycles. The van der Waals surface area contributed by atoms with Gasteiger partial charge >= 0.3 is 12.1 Å². The van der Waals surface area contributed by atoms with E-state index < -0.39 is 29.7 Å². The summed E-state index contributed by atoms with van der Waals surface area (Å²) < 4.78 is 60.0. The predicted octanol–water partition coefficient (Wildman–Crippen LogP) is 6.28. The standard InChI is InChI=1S/C33H30F3NO7/c1-41-28-17-23(18-29(42-2)30(28)43-3)21-7-5-19(6-8-21)15-26(32(40)44-4)37-31(39)25-16-22(11-14-27(25)38)20-9-12-24(13-10-20)33(34,35)36/h5-14,16-18,26,38H,15H2,1-4H3,(H,37,39)/t26-/m0/s1. The molecule has 0 heterocycles. The van der Waals surface area contributed by atoms with Gasteiger partial charge in [-0.2, -0.15) is 13.2 Å². The molecule has 0 unspecified atom stereocenters. The Morgan fingerprint density at radius 2 is 1.30 bits per heavy atom. The normalized spacial score (nSPS) is 11.8. The van der Waals surface area contributed by atoms with E-state index in [1.54, 1.807) is 24.3 Å². The smallest absolute Gasteiger partial charge is 0.416 e. The van der Waals surface area contributed by atoms with Gasteiger partial charge in [0.2, 0.25) is 5.75 Å². The molecule has 0 bridgehead atoms. The van der Waals surface area contributed by atoms with Gasteiger partial charge < -0.3 is 29.4 Å². The molecule has 0 saturated heterocycles. The Morgan fingerprint density at radius 1 is 0.750 bits per heavy atom. The summed E-state index contributed by atoms with van der Waals surface area (Å²) in [6, 6.07) is 18.3. The minimum atomic E-state index is -4.49. The quantitative estimate of drug-likeness (QED) is 0.204. The first-order valence-electron chi connectivity index (χ1n) is 13.3. The Labute approximate surface area is 252 Å². The van der Waals surface area contributed by atoms with E-state index in [1.807, 2.05) is 12.1 Å². The highest BCUT2D eigenvalue weighted by Gasteiger charge is 2.30. The maximum absolute atomic E-state index is 13.2. The van der Waals surface area contributed by atoms with Crippen LogP contribution >= 0.6 is 0 Å². The second kappa shape index (κ2) is 13.4. The lowest BCUT2D eigenvalue weighted by Gasteiger charge is -2.18. The number of carbonyl (C=O) groups excluding carboxylic acids is 2. The van der Waals surface area contributed by atoms with Crippen molar-refractivity contribution in [3.8, 4) is 45.3 Å². The number of phenols is 1. The minimum absolute atomic E-state index is 0.0767. The summed E-state index contributed by atoms with van der Waals surface area (Å²) >= 11 is 0. The van der Waals surface area contributed by atoms with Gasteiger partial charge in [-0.15, -0.1) is 0 Å². The lowest BCUT2D eigenvalue weighted by Crippen LogP contribution is -2.43. The first-order valence-corrected chi connectivity index (χ1v) is 13.3. The van der Waals surface area contributed by atoms with E-state index in [0.29, 0.717) is 33.9 Å². The second-order valence-corrected chi connectivity index (χ2v) is 9.67. The summed E-state index contributed by atoms with van der Waals surface area (Å²) in [6.45, 7) is 0. The van der Waals surface area contributed by atoms with E-state index in [0.717, 1.165) is 23.3 Å². The molecule has 2 N–H and O–H groups in total. The molecular weight excluding hydrogens is 579 g/mol. The van der Waals surface area contributed by atoms with Crippen LogP contribution in [0.4, 0.5) is 13.2 Å². The van der Waals surface area contributed by atoms with Gasteiger partial charge in [-0.3, -0.25) is 4.79 Å². The molecule has 1 amide bonds. The molecular formula is C33H30F3NO7. The lowest BCUT2D eigenvalue weighted by atomic mass is 9.99. The van der Waals surface area contributed by atoms with Gasteiger partial charge in [0.05, 0.1) is 39.6 Å². The molecule has 11 heteroatoms. The van der Waals surface area contributed by atoms with Crippen molar-refractivity contribution in [2.75, 3.05) is 28.4 Å². The van der Waals surface area contributed by atoms with Crippen LogP contribution in [-0.2, 0) is 22.1 Å². The maximum atomic E-state index is 13.2. The highest BCUT2D eigenvalue weighted by molar-refractivity contribution is 6.00. The lowest BCUT2D eigenvalue weighted by molar-refractivity contribution is -0.143. The Hall–Kier alpha value is -5.19. The molecule has 0 fully saturated rings. The third-order valence-corrected chi connectivity index (χ3v) is 6.97. The van der Waals surface area contributed by atoms with Crippen molar-refractivity contribution in [2.45, 2.75) is 18.6 Å². The summed E-state index contributed by atoms with van der Waals surface area (Å²) in [5, 5.41) is 13.0. The summed E-state index contributed by atoms with van der Waals surface area (Å²) in [5.41, 5.74) is 2.18. The highest BCUT2D eigenvalue weighted by atomic mass is 19.4. The molecule has 0 radical (unpaired) electrons. The van der Waals surface area contributed by atoms with Crippen molar-refractivity contribution >= 4 is 11.9 Å². The fourth-order valence-electron chi connectivity index (χ4n) is 4.64. The van der Waals surface area contributed by atoms with Gasteiger partial charge in [0.15, 0.2) is 11.5 Å². The number of methoxy groups -OCH3 is 4. The van der Waals surface area contributed by atoms with Gasteiger partial charge in [0, 0.05) is 6.42 Å². The monoisotopic (exact) mass is 609 g/mol. The van der Waals surface area contributed by atoms with Crippen molar-refractivity contribution < 1.29 is 46.8 Å². The largest absolute Gasteiger partial charge is 0.507 e. The average Bonchev–Trinajstić information content (AvgIpc) is 3.03. The van der Waals surface area contributed by atoms with Crippen LogP contribution < -0.4 is 19.5 Å². The number of carbonyl (C=O) groups is 2. The van der Waals surface area contributed by atoms with E-state index in [2.05, 4.69) is 5.32 Å². The summed E-state index contributed by atoms with van der Waals surface area (Å²) in [5.74, 6) is -0.388.